The van der Waals surface area contributed by atoms with Gasteiger partial charge in [-0.05, 0) is 49.3 Å². The number of hydrogen-bond acceptors (Lipinski definition) is 4. The second-order valence-electron chi connectivity index (χ2n) is 6.70. The van der Waals surface area contributed by atoms with E-state index in [1.807, 2.05) is 12.1 Å². The van der Waals surface area contributed by atoms with Crippen LogP contribution in [-0.2, 0) is 9.59 Å². The lowest BCUT2D eigenvalue weighted by Crippen LogP contribution is -2.50. The number of benzene rings is 1. The predicted molar refractivity (Wildman–Crippen MR) is 96.2 cm³/mol. The van der Waals surface area contributed by atoms with Crippen LogP contribution in [0.25, 0.3) is 0 Å². The number of hydrogen-bond donors (Lipinski definition) is 3. The number of nitrogens with one attached hydrogen (secondary N) is 1. The number of rotatable bonds is 6. The summed E-state index contributed by atoms with van der Waals surface area (Å²) in [7, 11) is 0. The zero-order chi connectivity index (χ0) is 18.4. The first-order valence-electron chi connectivity index (χ1n) is 8.99. The molecule has 6 nitrogen and oxygen atoms in total. The Morgan fingerprint density at radius 2 is 1.68 bits per heavy atom. The van der Waals surface area contributed by atoms with Crippen LogP contribution in [0.4, 0.5) is 5.69 Å². The average molecular weight is 348 g/mol. The highest BCUT2D eigenvalue weighted by atomic mass is 16.3. The molecule has 0 aromatic heterocycles. The van der Waals surface area contributed by atoms with E-state index in [9.17, 15) is 19.8 Å². The first-order valence-corrected chi connectivity index (χ1v) is 8.99. The van der Waals surface area contributed by atoms with Gasteiger partial charge in [0.2, 0.25) is 0 Å². The summed E-state index contributed by atoms with van der Waals surface area (Å²) in [5.74, 6) is -0.942. The van der Waals surface area contributed by atoms with Crippen LogP contribution in [0.3, 0.4) is 0 Å². The summed E-state index contributed by atoms with van der Waals surface area (Å²) >= 11 is 0. The lowest BCUT2D eigenvalue weighted by atomic mass is 9.98. The van der Waals surface area contributed by atoms with Crippen LogP contribution < -0.4 is 5.32 Å². The van der Waals surface area contributed by atoms with E-state index in [0.29, 0.717) is 24.7 Å². The molecule has 0 saturated carbocycles. The molecule has 0 radical (unpaired) electrons. The summed E-state index contributed by atoms with van der Waals surface area (Å²) < 4.78 is 0. The largest absolute Gasteiger partial charge is 0.380 e. The van der Waals surface area contributed by atoms with Gasteiger partial charge in [0.25, 0.3) is 11.8 Å². The Morgan fingerprint density at radius 3 is 2.24 bits per heavy atom. The van der Waals surface area contributed by atoms with E-state index in [-0.39, 0.29) is 0 Å². The number of aliphatic hydroxyl groups excluding tert-OH is 2. The molecule has 0 bridgehead atoms. The maximum atomic E-state index is 12.2. The van der Waals surface area contributed by atoms with Gasteiger partial charge in [0.1, 0.15) is 0 Å². The second kappa shape index (κ2) is 8.97. The summed E-state index contributed by atoms with van der Waals surface area (Å²) in [5.41, 5.74) is 1.69. The van der Waals surface area contributed by atoms with E-state index in [1.54, 1.807) is 12.1 Å². The maximum absolute atomic E-state index is 12.2. The lowest BCUT2D eigenvalue weighted by molar-refractivity contribution is -0.151. The molecule has 1 aliphatic rings. The van der Waals surface area contributed by atoms with E-state index in [1.165, 1.54) is 10.5 Å². The van der Waals surface area contributed by atoms with Crippen LogP contribution in [0, 0.1) is 0 Å². The highest BCUT2D eigenvalue weighted by molar-refractivity contribution is 5.98. The SMILES string of the molecule is CCC(C)c1ccc(NC(=O)C(O)C(O)C(=O)N2CCCCC2)cc1. The van der Waals surface area contributed by atoms with Gasteiger partial charge in [0.05, 0.1) is 0 Å². The molecule has 3 atom stereocenters. The number of amides is 2. The van der Waals surface area contributed by atoms with Crippen molar-refractivity contribution in [2.45, 2.75) is 57.7 Å². The molecule has 1 aliphatic heterocycles. The molecule has 1 aromatic rings. The molecule has 1 heterocycles. The van der Waals surface area contributed by atoms with Crippen molar-refractivity contribution in [3.63, 3.8) is 0 Å². The Hall–Kier alpha value is -1.92. The van der Waals surface area contributed by atoms with E-state index < -0.39 is 24.0 Å². The number of piperidine rings is 1. The molecule has 3 unspecified atom stereocenters. The van der Waals surface area contributed by atoms with Crippen molar-refractivity contribution in [3.05, 3.63) is 29.8 Å². The number of likely N-dealkylation sites (tertiary alicyclic amines) is 1. The van der Waals surface area contributed by atoms with Crippen molar-refractivity contribution < 1.29 is 19.8 Å². The number of nitrogens with zero attached hydrogens (tertiary/aromatic N) is 1. The van der Waals surface area contributed by atoms with Crippen LogP contribution in [0.2, 0.25) is 0 Å². The molecule has 1 saturated heterocycles. The number of anilines is 1. The van der Waals surface area contributed by atoms with Crippen molar-refractivity contribution >= 4 is 17.5 Å². The smallest absolute Gasteiger partial charge is 0.256 e. The summed E-state index contributed by atoms with van der Waals surface area (Å²) in [6.45, 7) is 5.35. The van der Waals surface area contributed by atoms with E-state index in [0.717, 1.165) is 25.7 Å². The van der Waals surface area contributed by atoms with Crippen molar-refractivity contribution in [1.29, 1.82) is 0 Å². The second-order valence-corrected chi connectivity index (χ2v) is 6.70. The Morgan fingerprint density at radius 1 is 1.08 bits per heavy atom. The van der Waals surface area contributed by atoms with Gasteiger partial charge < -0.3 is 20.4 Å². The summed E-state index contributed by atoms with van der Waals surface area (Å²) in [6.07, 6.45) is 0.304. The topological polar surface area (TPSA) is 89.9 Å². The summed E-state index contributed by atoms with van der Waals surface area (Å²) in [4.78, 5) is 25.8. The fraction of sp³-hybridized carbons (Fsp3) is 0.579. The van der Waals surface area contributed by atoms with Crippen molar-refractivity contribution in [1.82, 2.24) is 4.90 Å². The Balaban J connectivity index is 1.93. The fourth-order valence-corrected chi connectivity index (χ4v) is 2.93. The summed E-state index contributed by atoms with van der Waals surface area (Å²) in [6, 6.07) is 7.35. The minimum absolute atomic E-state index is 0.430. The van der Waals surface area contributed by atoms with Crippen molar-refractivity contribution in [2.75, 3.05) is 18.4 Å². The molecule has 6 heteroatoms. The van der Waals surface area contributed by atoms with E-state index >= 15 is 0 Å². The maximum Gasteiger partial charge on any atom is 0.256 e. The zero-order valence-corrected chi connectivity index (χ0v) is 14.9. The minimum Gasteiger partial charge on any atom is -0.380 e. The molecule has 1 aromatic carbocycles. The minimum atomic E-state index is -1.79. The van der Waals surface area contributed by atoms with Crippen LogP contribution in [0.1, 0.15) is 51.0 Å². The highest BCUT2D eigenvalue weighted by Gasteiger charge is 2.33. The zero-order valence-electron chi connectivity index (χ0n) is 14.9. The third-order valence-corrected chi connectivity index (χ3v) is 4.85. The quantitative estimate of drug-likeness (QED) is 0.732. The van der Waals surface area contributed by atoms with Gasteiger partial charge >= 0.3 is 0 Å². The van der Waals surface area contributed by atoms with Crippen molar-refractivity contribution in [3.8, 4) is 0 Å². The Kier molecular flexibility index (Phi) is 6.96. The molecule has 0 spiro atoms. The lowest BCUT2D eigenvalue weighted by Gasteiger charge is -2.29. The molecule has 2 rings (SSSR count). The van der Waals surface area contributed by atoms with Gasteiger partial charge in [-0.1, -0.05) is 26.0 Å². The first kappa shape index (κ1) is 19.4. The van der Waals surface area contributed by atoms with Gasteiger partial charge in [-0.3, -0.25) is 9.59 Å². The first-order chi connectivity index (χ1) is 11.9. The average Bonchev–Trinajstić information content (AvgIpc) is 2.66. The van der Waals surface area contributed by atoms with Gasteiger partial charge in [-0.25, -0.2) is 0 Å². The van der Waals surface area contributed by atoms with Crippen LogP contribution in [-0.4, -0.2) is 52.2 Å². The molecule has 1 fully saturated rings. The fourth-order valence-electron chi connectivity index (χ4n) is 2.93. The molecular weight excluding hydrogens is 320 g/mol. The van der Waals surface area contributed by atoms with Crippen LogP contribution >= 0.6 is 0 Å². The molecule has 0 aliphatic carbocycles. The number of carbonyl (C=O) groups excluding carboxylic acids is 2. The van der Waals surface area contributed by atoms with Gasteiger partial charge in [0, 0.05) is 18.8 Å². The third kappa shape index (κ3) is 5.03. The number of aliphatic hydroxyl groups is 2. The van der Waals surface area contributed by atoms with E-state index in [4.69, 9.17) is 0 Å². The predicted octanol–water partition coefficient (Wildman–Crippen LogP) is 1.87. The molecule has 2 amide bonds. The van der Waals surface area contributed by atoms with Gasteiger partial charge in [-0.2, -0.15) is 0 Å². The standard InChI is InChI=1S/C19H28N2O4/c1-3-13(2)14-7-9-15(10-8-14)20-18(24)16(22)17(23)19(25)21-11-5-4-6-12-21/h7-10,13,16-17,22-23H,3-6,11-12H2,1-2H3,(H,20,24). The van der Waals surface area contributed by atoms with Crippen LogP contribution in [0.5, 0.6) is 0 Å². The van der Waals surface area contributed by atoms with Gasteiger partial charge in [-0.15, -0.1) is 0 Å². The number of carbonyl (C=O) groups is 2. The van der Waals surface area contributed by atoms with Crippen LogP contribution in [0.15, 0.2) is 24.3 Å². The third-order valence-electron chi connectivity index (χ3n) is 4.85. The molecule has 138 valence electrons. The molecule has 3 N–H and O–H groups in total. The monoisotopic (exact) mass is 348 g/mol. The summed E-state index contributed by atoms with van der Waals surface area (Å²) in [5, 5.41) is 22.6. The normalized spacial score (nSPS) is 18.3. The highest BCUT2D eigenvalue weighted by Crippen LogP contribution is 2.20. The molecular formula is C19H28N2O4. The Labute approximate surface area is 148 Å². The van der Waals surface area contributed by atoms with Gasteiger partial charge in [0.15, 0.2) is 12.2 Å². The molecule has 25 heavy (non-hydrogen) atoms. The van der Waals surface area contributed by atoms with Crippen molar-refractivity contribution in [2.24, 2.45) is 0 Å². The Bertz CT molecular complexity index is 582. The van der Waals surface area contributed by atoms with E-state index in [2.05, 4.69) is 19.2 Å².